The molecule has 2 aromatic carbocycles. The molecule has 4 heteroatoms. The molecule has 0 spiro atoms. The van der Waals surface area contributed by atoms with Gasteiger partial charge in [0.05, 0.1) is 0 Å². The van der Waals surface area contributed by atoms with Crippen LogP contribution in [0.3, 0.4) is 0 Å². The predicted octanol–water partition coefficient (Wildman–Crippen LogP) is 2.64. The minimum atomic E-state index is 0.433. The first-order valence-corrected chi connectivity index (χ1v) is 6.69. The Bertz CT molecular complexity index is 706. The molecule has 0 unspecified atom stereocenters. The summed E-state index contributed by atoms with van der Waals surface area (Å²) in [4.78, 5) is 7.48. The van der Waals surface area contributed by atoms with Crippen molar-refractivity contribution in [2.75, 3.05) is 6.54 Å². The first-order chi connectivity index (χ1) is 9.85. The van der Waals surface area contributed by atoms with E-state index < -0.39 is 0 Å². The first kappa shape index (κ1) is 12.7. The van der Waals surface area contributed by atoms with Gasteiger partial charge in [0.25, 0.3) is 0 Å². The number of benzene rings is 2. The summed E-state index contributed by atoms with van der Waals surface area (Å²) in [6.07, 6.45) is 2.62. The van der Waals surface area contributed by atoms with E-state index in [-0.39, 0.29) is 0 Å². The molecule has 0 amide bonds. The molecule has 0 bridgehead atoms. The minimum absolute atomic E-state index is 0.433. The van der Waals surface area contributed by atoms with Crippen molar-refractivity contribution < 1.29 is 4.74 Å². The average molecular weight is 267 g/mol. The number of rotatable bonds is 5. The van der Waals surface area contributed by atoms with Crippen LogP contribution in [0.1, 0.15) is 11.5 Å². The normalized spacial score (nSPS) is 10.8. The summed E-state index contributed by atoms with van der Waals surface area (Å²) in [7, 11) is 0. The van der Waals surface area contributed by atoms with E-state index in [4.69, 9.17) is 10.5 Å². The Hall–Kier alpha value is -2.33. The Morgan fingerprint density at radius 1 is 1.10 bits per heavy atom. The number of fused-ring (bicyclic) bond motifs is 1. The number of nitrogens with one attached hydrogen (secondary N) is 1. The number of ether oxygens (including phenoxy) is 1. The lowest BCUT2D eigenvalue weighted by atomic mass is 10.1. The van der Waals surface area contributed by atoms with Gasteiger partial charge in [-0.05, 0) is 29.4 Å². The number of aromatic nitrogens is 2. The highest BCUT2D eigenvalue weighted by atomic mass is 16.5. The van der Waals surface area contributed by atoms with Crippen molar-refractivity contribution in [1.82, 2.24) is 9.97 Å². The number of imidazole rings is 1. The maximum atomic E-state index is 5.77. The molecule has 0 fully saturated rings. The Morgan fingerprint density at radius 3 is 2.80 bits per heavy atom. The van der Waals surface area contributed by atoms with Gasteiger partial charge >= 0.3 is 0 Å². The summed E-state index contributed by atoms with van der Waals surface area (Å²) in [5.74, 6) is 1.67. The van der Waals surface area contributed by atoms with E-state index in [2.05, 4.69) is 28.2 Å². The Kier molecular flexibility index (Phi) is 3.65. The number of hydrogen-bond donors (Lipinski definition) is 2. The minimum Gasteiger partial charge on any atom is -0.486 e. The molecule has 3 N–H and O–H groups in total. The number of aromatic amines is 1. The van der Waals surface area contributed by atoms with E-state index in [1.54, 1.807) is 0 Å². The topological polar surface area (TPSA) is 63.9 Å². The molecule has 0 saturated carbocycles. The second-order valence-electron chi connectivity index (χ2n) is 4.69. The maximum absolute atomic E-state index is 5.77. The second-order valence-corrected chi connectivity index (χ2v) is 4.69. The van der Waals surface area contributed by atoms with Gasteiger partial charge in [-0.3, -0.25) is 0 Å². The van der Waals surface area contributed by atoms with Crippen molar-refractivity contribution in [3.05, 3.63) is 60.2 Å². The molecule has 0 saturated heterocycles. The third-order valence-corrected chi connectivity index (χ3v) is 3.19. The van der Waals surface area contributed by atoms with Crippen LogP contribution in [-0.4, -0.2) is 16.5 Å². The van der Waals surface area contributed by atoms with Crippen LogP contribution in [0.5, 0.6) is 5.75 Å². The molecule has 1 heterocycles. The fraction of sp³-hybridized carbons (Fsp3) is 0.188. The molecule has 20 heavy (non-hydrogen) atoms. The fourth-order valence-corrected chi connectivity index (χ4v) is 2.17. The molecule has 0 atom stereocenters. The largest absolute Gasteiger partial charge is 0.486 e. The van der Waals surface area contributed by atoms with Gasteiger partial charge in [0, 0.05) is 18.3 Å². The summed E-state index contributed by atoms with van der Waals surface area (Å²) in [5, 5.41) is 2.39. The van der Waals surface area contributed by atoms with E-state index in [0.717, 1.165) is 23.7 Å². The fourth-order valence-electron chi connectivity index (χ4n) is 2.17. The Labute approximate surface area is 117 Å². The van der Waals surface area contributed by atoms with Crippen LogP contribution in [0.4, 0.5) is 0 Å². The highest BCUT2D eigenvalue weighted by Crippen LogP contribution is 2.21. The van der Waals surface area contributed by atoms with Gasteiger partial charge in [0.15, 0.2) is 0 Å². The number of hydrogen-bond acceptors (Lipinski definition) is 3. The monoisotopic (exact) mass is 267 g/mol. The summed E-state index contributed by atoms with van der Waals surface area (Å²) < 4.78 is 5.77. The lowest BCUT2D eigenvalue weighted by Crippen LogP contribution is -2.03. The van der Waals surface area contributed by atoms with Gasteiger partial charge in [-0.1, -0.05) is 30.3 Å². The van der Waals surface area contributed by atoms with Gasteiger partial charge in [-0.15, -0.1) is 0 Å². The molecule has 0 aliphatic rings. The summed E-state index contributed by atoms with van der Waals surface area (Å²) in [6.45, 7) is 1.05. The van der Waals surface area contributed by atoms with Crippen LogP contribution in [0, 0.1) is 0 Å². The lowest BCUT2D eigenvalue weighted by Gasteiger charge is -2.05. The molecule has 3 aromatic rings. The molecule has 0 aliphatic carbocycles. The molecular weight excluding hydrogens is 250 g/mol. The molecule has 0 radical (unpaired) electrons. The van der Waals surface area contributed by atoms with Crippen LogP contribution in [-0.2, 0) is 13.0 Å². The van der Waals surface area contributed by atoms with Gasteiger partial charge in [0.2, 0.25) is 0 Å². The van der Waals surface area contributed by atoms with E-state index in [9.17, 15) is 0 Å². The van der Waals surface area contributed by atoms with E-state index in [1.165, 1.54) is 10.8 Å². The van der Waals surface area contributed by atoms with Crippen LogP contribution in [0.15, 0.2) is 48.7 Å². The number of nitrogens with zero attached hydrogens (tertiary/aromatic N) is 1. The predicted molar refractivity (Wildman–Crippen MR) is 79.6 cm³/mol. The van der Waals surface area contributed by atoms with Gasteiger partial charge in [-0.2, -0.15) is 0 Å². The van der Waals surface area contributed by atoms with E-state index >= 15 is 0 Å². The van der Waals surface area contributed by atoms with Crippen LogP contribution < -0.4 is 10.5 Å². The first-order valence-electron chi connectivity index (χ1n) is 6.69. The van der Waals surface area contributed by atoms with Crippen LogP contribution in [0.25, 0.3) is 10.8 Å². The van der Waals surface area contributed by atoms with Crippen LogP contribution in [0.2, 0.25) is 0 Å². The van der Waals surface area contributed by atoms with Gasteiger partial charge in [-0.25, -0.2) is 4.98 Å². The third kappa shape index (κ3) is 2.81. The van der Waals surface area contributed by atoms with Crippen molar-refractivity contribution >= 4 is 10.8 Å². The maximum Gasteiger partial charge on any atom is 0.146 e. The van der Waals surface area contributed by atoms with Gasteiger partial charge < -0.3 is 15.5 Å². The molecule has 0 aliphatic heterocycles. The summed E-state index contributed by atoms with van der Waals surface area (Å²) >= 11 is 0. The number of H-pyrrole nitrogens is 1. The second kappa shape index (κ2) is 5.75. The zero-order valence-corrected chi connectivity index (χ0v) is 11.2. The molecule has 4 nitrogen and oxygen atoms in total. The SMILES string of the molecule is NCCc1cnc(COc2ccc3ccccc3c2)[nH]1. The van der Waals surface area contributed by atoms with Crippen molar-refractivity contribution in [3.63, 3.8) is 0 Å². The average Bonchev–Trinajstić information content (AvgIpc) is 2.93. The molecule has 102 valence electrons. The Morgan fingerprint density at radius 2 is 1.95 bits per heavy atom. The molecule has 3 rings (SSSR count). The zero-order valence-electron chi connectivity index (χ0n) is 11.2. The lowest BCUT2D eigenvalue weighted by molar-refractivity contribution is 0.297. The summed E-state index contributed by atoms with van der Waals surface area (Å²) in [5.41, 5.74) is 6.55. The Balaban J connectivity index is 1.69. The zero-order chi connectivity index (χ0) is 13.8. The molecular formula is C16H17N3O. The highest BCUT2D eigenvalue weighted by Gasteiger charge is 2.02. The highest BCUT2D eigenvalue weighted by molar-refractivity contribution is 5.83. The van der Waals surface area contributed by atoms with Crippen molar-refractivity contribution in [2.24, 2.45) is 5.73 Å². The van der Waals surface area contributed by atoms with Crippen molar-refractivity contribution in [1.29, 1.82) is 0 Å². The van der Waals surface area contributed by atoms with Crippen molar-refractivity contribution in [2.45, 2.75) is 13.0 Å². The standard InChI is InChI=1S/C16H17N3O/c17-8-7-14-10-18-16(19-14)11-20-15-6-5-12-3-1-2-4-13(12)9-15/h1-6,9-10H,7-8,11,17H2,(H,18,19). The summed E-state index contributed by atoms with van der Waals surface area (Å²) in [6, 6.07) is 14.3. The smallest absolute Gasteiger partial charge is 0.146 e. The number of nitrogens with two attached hydrogens (primary N) is 1. The molecule has 1 aromatic heterocycles. The van der Waals surface area contributed by atoms with Crippen LogP contribution >= 0.6 is 0 Å². The quantitative estimate of drug-likeness (QED) is 0.747. The van der Waals surface area contributed by atoms with Gasteiger partial charge in [0.1, 0.15) is 18.2 Å². The van der Waals surface area contributed by atoms with Crippen molar-refractivity contribution in [3.8, 4) is 5.75 Å². The van der Waals surface area contributed by atoms with E-state index in [1.807, 2.05) is 30.5 Å². The third-order valence-electron chi connectivity index (χ3n) is 3.19. The van der Waals surface area contributed by atoms with E-state index in [0.29, 0.717) is 13.2 Å².